The number of aryl methyl sites for hydroxylation is 1. The molecule has 0 spiro atoms. The van der Waals surface area contributed by atoms with Gasteiger partial charge in [0, 0.05) is 60.6 Å². The number of thiophene rings is 1. The summed E-state index contributed by atoms with van der Waals surface area (Å²) in [6.45, 7) is 28.6. The van der Waals surface area contributed by atoms with E-state index in [2.05, 4.69) is 256 Å². The Morgan fingerprint density at radius 3 is 1.78 bits per heavy atom. The Kier molecular flexibility index (Phi) is 10.3. The van der Waals surface area contributed by atoms with Crippen molar-refractivity contribution in [2.75, 3.05) is 14.7 Å². The van der Waals surface area contributed by atoms with Crippen LogP contribution in [0, 0.1) is 6.92 Å². The largest absolute Gasteiger partial charge is 0.334 e. The van der Waals surface area contributed by atoms with Crippen molar-refractivity contribution >= 4 is 100 Å². The Morgan fingerprint density at radius 1 is 0.486 bits per heavy atom. The fourth-order valence-electron chi connectivity index (χ4n) is 13.8. The van der Waals surface area contributed by atoms with Gasteiger partial charge < -0.3 is 14.7 Å². The van der Waals surface area contributed by atoms with Gasteiger partial charge in [0.15, 0.2) is 0 Å². The molecule has 13 rings (SSSR count). The van der Waals surface area contributed by atoms with Crippen LogP contribution >= 0.6 is 11.3 Å². The number of benzene rings is 8. The molecule has 2 unspecified atom stereocenters. The molecule has 0 radical (unpaired) electrons. The molecule has 4 aliphatic rings. The molecule has 5 heteroatoms. The van der Waals surface area contributed by atoms with E-state index >= 15 is 0 Å². The third kappa shape index (κ3) is 6.90. The number of fused-ring (bicyclic) bond motifs is 10. The van der Waals surface area contributed by atoms with E-state index in [1.165, 1.54) is 140 Å². The first-order valence-corrected chi connectivity index (χ1v) is 28.1. The van der Waals surface area contributed by atoms with Crippen LogP contribution in [0.15, 0.2) is 158 Å². The monoisotopic (exact) mass is 984 g/mol. The Labute approximate surface area is 445 Å². The zero-order chi connectivity index (χ0) is 51.4. The Balaban J connectivity index is 1.12. The maximum atomic E-state index is 2.79. The van der Waals surface area contributed by atoms with Crippen molar-refractivity contribution in [1.82, 2.24) is 0 Å². The van der Waals surface area contributed by atoms with Crippen molar-refractivity contribution in [3.8, 4) is 11.1 Å². The highest BCUT2D eigenvalue weighted by Crippen LogP contribution is 2.62. The number of nitrogens with zero attached hydrogens (tertiary/aromatic N) is 3. The van der Waals surface area contributed by atoms with E-state index < -0.39 is 0 Å². The van der Waals surface area contributed by atoms with Crippen LogP contribution in [-0.2, 0) is 21.7 Å². The van der Waals surface area contributed by atoms with Crippen molar-refractivity contribution in [2.24, 2.45) is 0 Å². The quantitative estimate of drug-likeness (QED) is 0.163. The van der Waals surface area contributed by atoms with Crippen LogP contribution < -0.4 is 31.1 Å². The average Bonchev–Trinajstić information content (AvgIpc) is 3.90. The summed E-state index contributed by atoms with van der Waals surface area (Å²) in [5, 5.41) is 2.63. The third-order valence-electron chi connectivity index (χ3n) is 18.1. The third-order valence-corrected chi connectivity index (χ3v) is 19.3. The predicted octanol–water partition coefficient (Wildman–Crippen LogP) is 17.7. The van der Waals surface area contributed by atoms with Crippen molar-refractivity contribution in [2.45, 2.75) is 136 Å². The van der Waals surface area contributed by atoms with Gasteiger partial charge >= 0.3 is 0 Å². The van der Waals surface area contributed by atoms with E-state index in [9.17, 15) is 0 Å². The van der Waals surface area contributed by atoms with Crippen LogP contribution in [0.4, 0.5) is 45.5 Å². The predicted molar refractivity (Wildman–Crippen MR) is 322 cm³/mol. The molecule has 4 heterocycles. The molecule has 0 saturated heterocycles. The van der Waals surface area contributed by atoms with Crippen LogP contribution in [0.5, 0.6) is 0 Å². The van der Waals surface area contributed by atoms with E-state index in [1.54, 1.807) is 0 Å². The summed E-state index contributed by atoms with van der Waals surface area (Å²) in [5.41, 5.74) is 23.4. The lowest BCUT2D eigenvalue weighted by Crippen LogP contribution is -2.61. The second-order valence-corrected chi connectivity index (χ2v) is 26.9. The van der Waals surface area contributed by atoms with E-state index in [-0.39, 0.29) is 33.9 Å². The lowest BCUT2D eigenvalue weighted by Gasteiger charge is -2.51. The van der Waals surface area contributed by atoms with Gasteiger partial charge in [-0.15, -0.1) is 11.3 Å². The summed E-state index contributed by atoms with van der Waals surface area (Å²) in [6.07, 6.45) is 4.83. The van der Waals surface area contributed by atoms with E-state index in [1.807, 2.05) is 11.3 Å². The summed E-state index contributed by atoms with van der Waals surface area (Å²) < 4.78 is 2.64. The topological polar surface area (TPSA) is 9.72 Å². The Hall–Kier alpha value is -6.56. The van der Waals surface area contributed by atoms with Crippen molar-refractivity contribution in [3.05, 3.63) is 186 Å². The summed E-state index contributed by atoms with van der Waals surface area (Å²) in [7, 11) is 0. The van der Waals surface area contributed by atoms with E-state index in [0.717, 1.165) is 6.42 Å². The van der Waals surface area contributed by atoms with Crippen LogP contribution in [0.1, 0.15) is 130 Å². The van der Waals surface area contributed by atoms with Crippen LogP contribution in [0.3, 0.4) is 0 Å². The molecule has 1 saturated carbocycles. The van der Waals surface area contributed by atoms with Crippen LogP contribution in [0.2, 0.25) is 0 Å². The first kappa shape index (κ1) is 47.2. The SMILES string of the molecule is Cc1cc2c3c(c1)N(c1cccc4c1sc1ccccc14)c1cc(C(C)(C)C)ccc1B3c1ccc(N3c4ccc(C(C)(C)C)cc4C4(C)CCCCC34C)cc1N2c1ccc(C(C)(C)C)cc1-c1ccccc1. The number of hydrogen-bond acceptors (Lipinski definition) is 4. The zero-order valence-corrected chi connectivity index (χ0v) is 46.5. The normalized spacial score (nSPS) is 19.1. The lowest BCUT2D eigenvalue weighted by molar-refractivity contribution is 0.195. The molecule has 9 aromatic rings. The van der Waals surface area contributed by atoms with Gasteiger partial charge in [-0.05, 0) is 153 Å². The van der Waals surface area contributed by atoms with Crippen molar-refractivity contribution < 1.29 is 0 Å². The Bertz CT molecular complexity index is 3770. The van der Waals surface area contributed by atoms with Gasteiger partial charge in [0.25, 0.3) is 6.71 Å². The number of anilines is 8. The second kappa shape index (κ2) is 16.2. The average molecular weight is 984 g/mol. The first-order valence-electron chi connectivity index (χ1n) is 27.3. The van der Waals surface area contributed by atoms with Gasteiger partial charge in [0.1, 0.15) is 0 Å². The van der Waals surface area contributed by atoms with Crippen molar-refractivity contribution in [1.29, 1.82) is 0 Å². The molecule has 3 nitrogen and oxygen atoms in total. The summed E-state index contributed by atoms with van der Waals surface area (Å²) in [5.74, 6) is 0. The van der Waals surface area contributed by atoms with Gasteiger partial charge in [0.2, 0.25) is 0 Å². The molecule has 1 fully saturated rings. The highest BCUT2D eigenvalue weighted by atomic mass is 32.1. The fourth-order valence-corrected chi connectivity index (χ4v) is 15.0. The zero-order valence-electron chi connectivity index (χ0n) is 45.7. The molecule has 0 amide bonds. The minimum Gasteiger partial charge on any atom is -0.334 e. The molecule has 2 atom stereocenters. The second-order valence-electron chi connectivity index (χ2n) is 25.8. The summed E-state index contributed by atoms with van der Waals surface area (Å²) >= 11 is 1.92. The minimum atomic E-state index is -0.0993. The molecular formula is C69H70BN3S. The molecule has 1 aromatic heterocycles. The van der Waals surface area contributed by atoms with Gasteiger partial charge in [-0.1, -0.05) is 179 Å². The van der Waals surface area contributed by atoms with Gasteiger partial charge in [-0.2, -0.15) is 0 Å². The maximum absolute atomic E-state index is 2.79. The summed E-state index contributed by atoms with van der Waals surface area (Å²) in [4.78, 5) is 8.13. The smallest absolute Gasteiger partial charge is 0.252 e. The first-order chi connectivity index (χ1) is 35.2. The fraction of sp³-hybridized carbons (Fsp3) is 0.304. The number of rotatable bonds is 4. The van der Waals surface area contributed by atoms with Crippen LogP contribution in [0.25, 0.3) is 31.3 Å². The highest BCUT2D eigenvalue weighted by Gasteiger charge is 2.58. The molecule has 3 aliphatic heterocycles. The maximum Gasteiger partial charge on any atom is 0.252 e. The van der Waals surface area contributed by atoms with E-state index in [4.69, 9.17) is 0 Å². The molecule has 0 bridgehead atoms. The van der Waals surface area contributed by atoms with Gasteiger partial charge in [-0.25, -0.2) is 0 Å². The van der Waals surface area contributed by atoms with Gasteiger partial charge in [0.05, 0.1) is 21.6 Å². The van der Waals surface area contributed by atoms with E-state index in [0.29, 0.717) is 0 Å². The molecule has 1 aliphatic carbocycles. The minimum absolute atomic E-state index is 0.00690. The van der Waals surface area contributed by atoms with Crippen LogP contribution in [-0.4, -0.2) is 12.3 Å². The summed E-state index contributed by atoms with van der Waals surface area (Å²) in [6, 6.07) is 61.9. The number of hydrogen-bond donors (Lipinski definition) is 0. The highest BCUT2D eigenvalue weighted by molar-refractivity contribution is 7.26. The molecule has 74 heavy (non-hydrogen) atoms. The Morgan fingerprint density at radius 2 is 1.07 bits per heavy atom. The van der Waals surface area contributed by atoms with Gasteiger partial charge in [-0.3, -0.25) is 0 Å². The molecule has 8 aromatic carbocycles. The lowest BCUT2D eigenvalue weighted by atomic mass is 9.33. The molecular weight excluding hydrogens is 914 g/mol. The standard InChI is InChI=1S/C69H70BN3S/c1-43-37-60-63-61(38-43)72(57-25-20-24-50-49-23-16-17-26-62(49)74-64(50)57)58-41-47(67(8,9)10)27-31-53(58)70(63)54-32-30-48(73-56-34-29-46(66(5,6)7)40-52(56)68(11)35-18-19-36-69(68,73)12)42-59(54)71(60)55-33-28-45(65(2,3)4)39-51(55)44-21-14-13-15-22-44/h13-17,20-34,37-42H,18-19,35-36H2,1-12H3. The molecule has 0 N–H and O–H groups in total. The van der Waals surface area contributed by atoms with Crippen molar-refractivity contribution in [3.63, 3.8) is 0 Å². The molecule has 370 valence electrons.